The zero-order valence-corrected chi connectivity index (χ0v) is 9.44. The van der Waals surface area contributed by atoms with Crippen LogP contribution >= 0.6 is 0 Å². The number of hydrogen-bond donors (Lipinski definition) is 0. The summed E-state index contributed by atoms with van der Waals surface area (Å²) < 4.78 is 15.6. The quantitative estimate of drug-likeness (QED) is 0.729. The van der Waals surface area contributed by atoms with Gasteiger partial charge in [0.05, 0.1) is 13.2 Å². The summed E-state index contributed by atoms with van der Waals surface area (Å²) in [6.07, 6.45) is 3.09. The minimum Gasteiger partial charge on any atom is -0.468 e. The number of ether oxygens (including phenoxy) is 3. The van der Waals surface area contributed by atoms with Gasteiger partial charge in [-0.3, -0.25) is 0 Å². The van der Waals surface area contributed by atoms with Gasteiger partial charge in [-0.1, -0.05) is 18.2 Å². The zero-order chi connectivity index (χ0) is 11.2. The Labute approximate surface area is 95.6 Å². The van der Waals surface area contributed by atoms with Crippen LogP contribution in [-0.4, -0.2) is 27.1 Å². The molecule has 1 heterocycles. The second-order valence-corrected chi connectivity index (χ2v) is 3.63. The molecule has 1 aliphatic rings. The molecule has 0 radical (unpaired) electrons. The van der Waals surface area contributed by atoms with Gasteiger partial charge in [0, 0.05) is 7.11 Å². The molecule has 0 aliphatic carbocycles. The molecule has 16 heavy (non-hydrogen) atoms. The van der Waals surface area contributed by atoms with Crippen molar-refractivity contribution in [1.29, 1.82) is 0 Å². The monoisotopic (exact) mass is 220 g/mol. The maximum absolute atomic E-state index is 5.41. The first kappa shape index (κ1) is 11.2. The summed E-state index contributed by atoms with van der Waals surface area (Å²) in [4.78, 5) is 0. The molecule has 0 atom stereocenters. The van der Waals surface area contributed by atoms with E-state index in [9.17, 15) is 0 Å². The first-order valence-electron chi connectivity index (χ1n) is 5.39. The molecule has 0 saturated carbocycles. The third-order valence-electron chi connectivity index (χ3n) is 2.51. The molecule has 3 nitrogen and oxygen atoms in total. The van der Waals surface area contributed by atoms with E-state index in [2.05, 4.69) is 12.1 Å². The lowest BCUT2D eigenvalue weighted by molar-refractivity contribution is 0.0511. The van der Waals surface area contributed by atoms with Crippen molar-refractivity contribution in [1.82, 2.24) is 0 Å². The van der Waals surface area contributed by atoms with Crippen LogP contribution in [0.1, 0.15) is 12.0 Å². The molecular formula is C13H16O3. The summed E-state index contributed by atoms with van der Waals surface area (Å²) in [7, 11) is 1.62. The van der Waals surface area contributed by atoms with Gasteiger partial charge in [0.2, 0.25) is 0 Å². The van der Waals surface area contributed by atoms with Crippen LogP contribution in [0.3, 0.4) is 0 Å². The molecule has 1 aromatic rings. The van der Waals surface area contributed by atoms with E-state index < -0.39 is 0 Å². The van der Waals surface area contributed by atoms with Crippen molar-refractivity contribution in [2.45, 2.75) is 6.42 Å². The number of rotatable bonds is 4. The van der Waals surface area contributed by atoms with E-state index in [1.165, 1.54) is 11.1 Å². The highest BCUT2D eigenvalue weighted by molar-refractivity contribution is 5.67. The molecule has 1 aliphatic heterocycles. The summed E-state index contributed by atoms with van der Waals surface area (Å²) in [5.41, 5.74) is 2.53. The number of benzene rings is 1. The van der Waals surface area contributed by atoms with Crippen molar-refractivity contribution in [3.05, 3.63) is 35.9 Å². The fraction of sp³-hybridized carbons (Fsp3) is 0.385. The van der Waals surface area contributed by atoms with E-state index >= 15 is 0 Å². The van der Waals surface area contributed by atoms with Crippen LogP contribution in [0.25, 0.3) is 5.57 Å². The molecule has 0 fully saturated rings. The van der Waals surface area contributed by atoms with Crippen molar-refractivity contribution in [3.8, 4) is 5.75 Å². The molecule has 0 saturated heterocycles. The Morgan fingerprint density at radius 2 is 2.31 bits per heavy atom. The fourth-order valence-electron chi connectivity index (χ4n) is 1.70. The highest BCUT2D eigenvalue weighted by Gasteiger charge is 2.06. The molecule has 0 aromatic heterocycles. The highest BCUT2D eigenvalue weighted by Crippen LogP contribution is 2.24. The lowest BCUT2D eigenvalue weighted by atomic mass is 10.0. The first-order chi connectivity index (χ1) is 7.90. The summed E-state index contributed by atoms with van der Waals surface area (Å²) in [5, 5.41) is 0. The molecule has 0 N–H and O–H groups in total. The van der Waals surface area contributed by atoms with E-state index in [1.54, 1.807) is 7.11 Å². The van der Waals surface area contributed by atoms with E-state index in [-0.39, 0.29) is 6.79 Å². The van der Waals surface area contributed by atoms with Gasteiger partial charge in [0.15, 0.2) is 6.79 Å². The predicted molar refractivity (Wildman–Crippen MR) is 62.4 cm³/mol. The van der Waals surface area contributed by atoms with Gasteiger partial charge in [-0.2, -0.15) is 0 Å². The third kappa shape index (κ3) is 2.84. The summed E-state index contributed by atoms with van der Waals surface area (Å²) in [6.45, 7) is 1.79. The number of hydrogen-bond acceptors (Lipinski definition) is 3. The van der Waals surface area contributed by atoms with E-state index in [4.69, 9.17) is 14.2 Å². The third-order valence-corrected chi connectivity index (χ3v) is 2.51. The van der Waals surface area contributed by atoms with Gasteiger partial charge >= 0.3 is 0 Å². The average Bonchev–Trinajstić information content (AvgIpc) is 2.38. The van der Waals surface area contributed by atoms with Gasteiger partial charge in [0.25, 0.3) is 0 Å². The first-order valence-corrected chi connectivity index (χ1v) is 5.39. The molecule has 0 amide bonds. The maximum atomic E-state index is 5.41. The van der Waals surface area contributed by atoms with Crippen molar-refractivity contribution >= 4 is 5.57 Å². The van der Waals surface area contributed by atoms with Crippen LogP contribution in [-0.2, 0) is 9.47 Å². The Morgan fingerprint density at radius 3 is 3.06 bits per heavy atom. The fourth-order valence-corrected chi connectivity index (χ4v) is 1.70. The largest absolute Gasteiger partial charge is 0.468 e. The molecule has 0 spiro atoms. The van der Waals surface area contributed by atoms with Crippen LogP contribution < -0.4 is 4.74 Å². The summed E-state index contributed by atoms with van der Waals surface area (Å²) in [6, 6.07) is 8.06. The average molecular weight is 220 g/mol. The van der Waals surface area contributed by atoms with Crippen LogP contribution in [0.5, 0.6) is 5.75 Å². The minimum atomic E-state index is 0.283. The topological polar surface area (TPSA) is 27.7 Å². The molecule has 1 aromatic carbocycles. The van der Waals surface area contributed by atoms with Gasteiger partial charge in [-0.25, -0.2) is 0 Å². The molecule has 0 unspecified atom stereocenters. The summed E-state index contributed by atoms with van der Waals surface area (Å²) in [5.74, 6) is 0.840. The van der Waals surface area contributed by atoms with Crippen LogP contribution in [0.2, 0.25) is 0 Å². The van der Waals surface area contributed by atoms with Crippen molar-refractivity contribution in [2.24, 2.45) is 0 Å². The SMILES string of the molecule is COCOc1cccc(C2=CCOCC2)c1. The smallest absolute Gasteiger partial charge is 0.188 e. The van der Waals surface area contributed by atoms with E-state index in [0.29, 0.717) is 6.61 Å². The maximum Gasteiger partial charge on any atom is 0.188 e. The van der Waals surface area contributed by atoms with Crippen molar-refractivity contribution in [2.75, 3.05) is 27.1 Å². The van der Waals surface area contributed by atoms with E-state index in [0.717, 1.165) is 18.8 Å². The molecule has 86 valence electrons. The molecular weight excluding hydrogens is 204 g/mol. The standard InChI is InChI=1S/C13H16O3/c1-14-10-16-13-4-2-3-12(9-13)11-5-7-15-8-6-11/h2-5,9H,6-8,10H2,1H3. The predicted octanol–water partition coefficient (Wildman–Crippen LogP) is 2.47. The molecule has 3 heteroatoms. The zero-order valence-electron chi connectivity index (χ0n) is 9.44. The lowest BCUT2D eigenvalue weighted by Gasteiger charge is -2.14. The van der Waals surface area contributed by atoms with Gasteiger partial charge in [-0.15, -0.1) is 0 Å². The second-order valence-electron chi connectivity index (χ2n) is 3.63. The van der Waals surface area contributed by atoms with Crippen LogP contribution in [0.4, 0.5) is 0 Å². The summed E-state index contributed by atoms with van der Waals surface area (Å²) >= 11 is 0. The van der Waals surface area contributed by atoms with Gasteiger partial charge in [-0.05, 0) is 29.7 Å². The van der Waals surface area contributed by atoms with Gasteiger partial charge in [0.1, 0.15) is 5.75 Å². The molecule has 0 bridgehead atoms. The normalized spacial score (nSPS) is 15.7. The second kappa shape index (κ2) is 5.68. The van der Waals surface area contributed by atoms with Crippen LogP contribution in [0, 0.1) is 0 Å². The number of methoxy groups -OCH3 is 1. The minimum absolute atomic E-state index is 0.283. The Balaban J connectivity index is 2.11. The van der Waals surface area contributed by atoms with Crippen molar-refractivity contribution in [3.63, 3.8) is 0 Å². The molecule has 2 rings (SSSR count). The van der Waals surface area contributed by atoms with Crippen molar-refractivity contribution < 1.29 is 14.2 Å². The van der Waals surface area contributed by atoms with Crippen LogP contribution in [0.15, 0.2) is 30.3 Å². The van der Waals surface area contributed by atoms with E-state index in [1.807, 2.05) is 18.2 Å². The Kier molecular flexibility index (Phi) is 3.97. The Bertz CT molecular complexity index is 371. The Morgan fingerprint density at radius 1 is 1.38 bits per heavy atom. The van der Waals surface area contributed by atoms with Gasteiger partial charge < -0.3 is 14.2 Å². The Hall–Kier alpha value is -1.32. The highest BCUT2D eigenvalue weighted by atomic mass is 16.7. The lowest BCUT2D eigenvalue weighted by Crippen LogP contribution is -2.04.